The normalized spacial score (nSPS) is 21.3. The van der Waals surface area contributed by atoms with Gasteiger partial charge in [-0.15, -0.1) is 0 Å². The first-order valence-corrected chi connectivity index (χ1v) is 13.6. The van der Waals surface area contributed by atoms with Crippen LogP contribution in [0.3, 0.4) is 0 Å². The van der Waals surface area contributed by atoms with Gasteiger partial charge < -0.3 is 47.9 Å². The van der Waals surface area contributed by atoms with Crippen LogP contribution in [0, 0.1) is 0 Å². The smallest absolute Gasteiger partial charge is 0.407 e. The molecule has 1 amide bonds. The number of alkyl carbamates (subject to hydrolysis) is 1. The number of hydrogen-bond donors (Lipinski definition) is 1. The van der Waals surface area contributed by atoms with Crippen LogP contribution in [0.25, 0.3) is 0 Å². The summed E-state index contributed by atoms with van der Waals surface area (Å²) < 4.78 is 48.6. The molecule has 1 aliphatic rings. The average Bonchev–Trinajstić information content (AvgIpc) is 2.94. The molecule has 0 bridgehead atoms. The summed E-state index contributed by atoms with van der Waals surface area (Å²) in [7, 11) is 0. The van der Waals surface area contributed by atoms with Crippen LogP contribution in [0.15, 0.2) is 30.3 Å². The lowest BCUT2D eigenvalue weighted by Crippen LogP contribution is -2.63. The second-order valence-electron chi connectivity index (χ2n) is 9.15. The molecule has 1 aromatic rings. The summed E-state index contributed by atoms with van der Waals surface area (Å²) in [6, 6.07) is 9.29. The van der Waals surface area contributed by atoms with Crippen molar-refractivity contribution in [2.24, 2.45) is 0 Å². The van der Waals surface area contributed by atoms with Gasteiger partial charge in [-0.05, 0) is 5.56 Å². The number of hydrogen-bond acceptors (Lipinski definition) is 14. The van der Waals surface area contributed by atoms with Crippen LogP contribution >= 0.6 is 0 Å². The number of carbonyl (C=O) groups excluding carboxylic acids is 5. The van der Waals surface area contributed by atoms with Crippen molar-refractivity contribution in [3.63, 3.8) is 0 Å². The molecule has 0 aromatic heterocycles. The van der Waals surface area contributed by atoms with E-state index in [2.05, 4.69) is 5.32 Å². The van der Waals surface area contributed by atoms with Gasteiger partial charge in [-0.1, -0.05) is 30.3 Å². The highest BCUT2D eigenvalue weighted by molar-refractivity contribution is 5.69. The van der Waals surface area contributed by atoms with Crippen molar-refractivity contribution in [2.45, 2.75) is 65.0 Å². The van der Waals surface area contributed by atoms with Gasteiger partial charge in [-0.3, -0.25) is 19.2 Å². The van der Waals surface area contributed by atoms with E-state index in [0.717, 1.165) is 26.3 Å². The van der Waals surface area contributed by atoms with Crippen LogP contribution in [-0.4, -0.2) is 107 Å². The molecule has 1 aromatic carbocycles. The zero-order chi connectivity index (χ0) is 31.6. The number of amides is 1. The average molecular weight is 614 g/mol. The predicted molar refractivity (Wildman–Crippen MR) is 144 cm³/mol. The second kappa shape index (κ2) is 19.4. The Kier molecular flexibility index (Phi) is 16.0. The molecule has 1 saturated heterocycles. The Morgan fingerprint density at radius 3 is 1.91 bits per heavy atom. The minimum atomic E-state index is -1.32. The van der Waals surface area contributed by atoms with Crippen LogP contribution in [0.2, 0.25) is 0 Å². The lowest BCUT2D eigenvalue weighted by molar-refractivity contribution is -0.309. The predicted octanol–water partition coefficient (Wildman–Crippen LogP) is 1.05. The minimum absolute atomic E-state index is 0.0391. The summed E-state index contributed by atoms with van der Waals surface area (Å²) in [5.41, 5.74) is 0.879. The molecule has 0 saturated carbocycles. The molecule has 15 heteroatoms. The molecular formula is C28H39NO14. The summed E-state index contributed by atoms with van der Waals surface area (Å²) in [6.07, 6.45) is -6.83. The highest BCUT2D eigenvalue weighted by Crippen LogP contribution is 2.30. The van der Waals surface area contributed by atoms with Gasteiger partial charge in [0.2, 0.25) is 0 Å². The SMILES string of the molecule is CC(=O)OC[C@H]1O[C@H](OCCOCCOCCNC(=O)OCc2ccccc2)[C@@H](OC(C)=O)[C@@H](OC(C)=O)[C@@H]1OC(C)=O. The molecule has 43 heavy (non-hydrogen) atoms. The van der Waals surface area contributed by atoms with Crippen molar-refractivity contribution < 1.29 is 66.6 Å². The topological polar surface area (TPSA) is 180 Å². The first-order valence-electron chi connectivity index (χ1n) is 13.6. The largest absolute Gasteiger partial charge is 0.463 e. The fourth-order valence-corrected chi connectivity index (χ4v) is 3.87. The number of nitrogens with one attached hydrogen (secondary N) is 1. The summed E-state index contributed by atoms with van der Waals surface area (Å²) in [5, 5.41) is 2.58. The third-order valence-electron chi connectivity index (χ3n) is 5.56. The van der Waals surface area contributed by atoms with E-state index in [1.54, 1.807) is 0 Å². The van der Waals surface area contributed by atoms with Crippen molar-refractivity contribution in [3.05, 3.63) is 35.9 Å². The molecule has 5 atom stereocenters. The van der Waals surface area contributed by atoms with Gasteiger partial charge in [0, 0.05) is 34.2 Å². The number of rotatable bonds is 17. The molecule has 1 heterocycles. The Morgan fingerprint density at radius 1 is 0.698 bits per heavy atom. The van der Waals surface area contributed by atoms with Crippen molar-refractivity contribution in [3.8, 4) is 0 Å². The molecule has 0 spiro atoms. The van der Waals surface area contributed by atoms with Gasteiger partial charge >= 0.3 is 30.0 Å². The van der Waals surface area contributed by atoms with E-state index in [1.807, 2.05) is 30.3 Å². The van der Waals surface area contributed by atoms with E-state index in [0.29, 0.717) is 0 Å². The van der Waals surface area contributed by atoms with Crippen LogP contribution in [0.5, 0.6) is 0 Å². The monoisotopic (exact) mass is 613 g/mol. The molecule has 15 nitrogen and oxygen atoms in total. The zero-order valence-electron chi connectivity index (χ0n) is 24.6. The van der Waals surface area contributed by atoms with Crippen LogP contribution in [0.4, 0.5) is 4.79 Å². The van der Waals surface area contributed by atoms with Gasteiger partial charge in [0.15, 0.2) is 24.6 Å². The van der Waals surface area contributed by atoms with Gasteiger partial charge in [0.25, 0.3) is 0 Å². The van der Waals surface area contributed by atoms with E-state index in [-0.39, 0.29) is 52.8 Å². The number of carbonyl (C=O) groups is 5. The molecule has 1 aliphatic heterocycles. The van der Waals surface area contributed by atoms with E-state index in [1.165, 1.54) is 6.92 Å². The fraction of sp³-hybridized carbons (Fsp3) is 0.607. The van der Waals surface area contributed by atoms with Crippen molar-refractivity contribution in [1.82, 2.24) is 5.32 Å². The summed E-state index contributed by atoms with van der Waals surface area (Å²) in [4.78, 5) is 58.6. The molecule has 2 rings (SSSR count). The third-order valence-corrected chi connectivity index (χ3v) is 5.56. The second-order valence-corrected chi connectivity index (χ2v) is 9.15. The molecule has 1 N–H and O–H groups in total. The first kappa shape index (κ1) is 35.4. The van der Waals surface area contributed by atoms with Crippen LogP contribution in [0.1, 0.15) is 33.3 Å². The zero-order valence-corrected chi connectivity index (χ0v) is 24.6. The molecule has 0 aliphatic carbocycles. The van der Waals surface area contributed by atoms with Crippen molar-refractivity contribution in [1.29, 1.82) is 0 Å². The molecular weight excluding hydrogens is 574 g/mol. The maximum atomic E-state index is 11.9. The lowest BCUT2D eigenvalue weighted by Gasteiger charge is -2.44. The standard InChI is InChI=1S/C28H39NO14/c1-18(30)38-17-23-24(40-19(2)31)25(41-20(3)32)26(42-21(4)33)27(43-23)37-15-14-36-13-12-35-11-10-29-28(34)39-16-22-8-6-5-7-9-22/h5-9,23-27H,10-17H2,1-4H3,(H,29,34)/t23-,24-,25+,26+,27+/m1/s1. The van der Waals surface area contributed by atoms with Gasteiger partial charge in [0.05, 0.1) is 33.0 Å². The van der Waals surface area contributed by atoms with E-state index in [4.69, 9.17) is 42.6 Å². The Balaban J connectivity index is 1.78. The summed E-state index contributed by atoms with van der Waals surface area (Å²) >= 11 is 0. The van der Waals surface area contributed by atoms with Gasteiger partial charge in [0.1, 0.15) is 19.3 Å². The third kappa shape index (κ3) is 14.3. The van der Waals surface area contributed by atoms with Crippen LogP contribution in [-0.2, 0) is 68.4 Å². The van der Waals surface area contributed by atoms with E-state index in [9.17, 15) is 24.0 Å². The number of esters is 4. The highest BCUT2D eigenvalue weighted by atomic mass is 16.7. The van der Waals surface area contributed by atoms with Crippen molar-refractivity contribution in [2.75, 3.05) is 46.2 Å². The minimum Gasteiger partial charge on any atom is -0.463 e. The fourth-order valence-electron chi connectivity index (χ4n) is 3.87. The maximum absolute atomic E-state index is 11.9. The van der Waals surface area contributed by atoms with E-state index < -0.39 is 60.7 Å². The van der Waals surface area contributed by atoms with Gasteiger partial charge in [-0.25, -0.2) is 4.79 Å². The first-order chi connectivity index (χ1) is 20.6. The summed E-state index contributed by atoms with van der Waals surface area (Å²) in [5.74, 6) is -2.82. The Labute approximate surface area is 249 Å². The maximum Gasteiger partial charge on any atom is 0.407 e. The number of ether oxygens (including phenoxy) is 9. The molecule has 0 radical (unpaired) electrons. The van der Waals surface area contributed by atoms with E-state index >= 15 is 0 Å². The molecule has 0 unspecified atom stereocenters. The Bertz CT molecular complexity index is 1040. The van der Waals surface area contributed by atoms with Crippen molar-refractivity contribution >= 4 is 30.0 Å². The number of benzene rings is 1. The molecule has 1 fully saturated rings. The summed E-state index contributed by atoms with van der Waals surface area (Å²) in [6.45, 7) is 5.38. The Morgan fingerprint density at radius 2 is 1.28 bits per heavy atom. The molecule has 240 valence electrons. The van der Waals surface area contributed by atoms with Crippen LogP contribution < -0.4 is 5.32 Å². The lowest BCUT2D eigenvalue weighted by atomic mass is 9.98. The van der Waals surface area contributed by atoms with Gasteiger partial charge in [-0.2, -0.15) is 0 Å². The highest BCUT2D eigenvalue weighted by Gasteiger charge is 2.52. The Hall–Kier alpha value is -3.79. The quantitative estimate of drug-likeness (QED) is 0.150.